The molecule has 0 bridgehead atoms. The van der Waals surface area contributed by atoms with Gasteiger partial charge in [-0.05, 0) is 38.1 Å². The minimum Gasteiger partial charge on any atom is -0.491 e. The largest absolute Gasteiger partial charge is 0.491 e. The van der Waals surface area contributed by atoms with Crippen molar-refractivity contribution >= 4 is 15.7 Å². The number of nitrogens with one attached hydrogen (secondary N) is 1. The zero-order valence-electron chi connectivity index (χ0n) is 10.0. The van der Waals surface area contributed by atoms with Crippen LogP contribution in [0.5, 0.6) is 5.75 Å². The van der Waals surface area contributed by atoms with Gasteiger partial charge < -0.3 is 10.1 Å². The number of anilines is 1. The Morgan fingerprint density at radius 1 is 1.29 bits per heavy atom. The molecule has 0 amide bonds. The van der Waals surface area contributed by atoms with Gasteiger partial charge in [-0.15, -0.1) is 0 Å². The van der Waals surface area contributed by atoms with E-state index in [9.17, 15) is 8.42 Å². The zero-order valence-corrected chi connectivity index (χ0v) is 10.8. The van der Waals surface area contributed by atoms with E-state index in [1.807, 2.05) is 38.1 Å². The molecule has 5 nitrogen and oxygen atoms in total. The van der Waals surface area contributed by atoms with Crippen LogP contribution >= 0.6 is 0 Å². The van der Waals surface area contributed by atoms with Crippen LogP contribution in [0.1, 0.15) is 13.8 Å². The van der Waals surface area contributed by atoms with Crippen LogP contribution in [0, 0.1) is 0 Å². The Morgan fingerprint density at radius 2 is 1.88 bits per heavy atom. The maximum atomic E-state index is 10.7. The third-order valence-corrected chi connectivity index (χ3v) is 2.71. The van der Waals surface area contributed by atoms with Crippen LogP contribution in [0.2, 0.25) is 0 Å². The molecule has 0 atom stereocenters. The number of nitrogens with two attached hydrogens (primary N) is 1. The molecular formula is C11H18N2O3S. The van der Waals surface area contributed by atoms with E-state index in [1.54, 1.807) is 0 Å². The molecule has 0 unspecified atom stereocenters. The lowest BCUT2D eigenvalue weighted by molar-refractivity contribution is 0.242. The molecule has 0 aromatic heterocycles. The van der Waals surface area contributed by atoms with Gasteiger partial charge in [-0.2, -0.15) is 0 Å². The quantitative estimate of drug-likeness (QED) is 0.802. The summed E-state index contributed by atoms with van der Waals surface area (Å²) >= 11 is 0. The highest BCUT2D eigenvalue weighted by atomic mass is 32.2. The van der Waals surface area contributed by atoms with Crippen molar-refractivity contribution in [3.05, 3.63) is 24.3 Å². The topological polar surface area (TPSA) is 81.4 Å². The predicted octanol–water partition coefficient (Wildman–Crippen LogP) is 1.17. The molecule has 0 aliphatic carbocycles. The Balaban J connectivity index is 2.46. The van der Waals surface area contributed by atoms with Gasteiger partial charge in [-0.25, -0.2) is 13.6 Å². The van der Waals surface area contributed by atoms with E-state index >= 15 is 0 Å². The van der Waals surface area contributed by atoms with Crippen LogP contribution in [-0.2, 0) is 10.0 Å². The lowest BCUT2D eigenvalue weighted by Crippen LogP contribution is -2.22. The Bertz CT molecular complexity index is 440. The second-order valence-corrected chi connectivity index (χ2v) is 5.72. The van der Waals surface area contributed by atoms with Gasteiger partial charge in [0.1, 0.15) is 5.75 Å². The van der Waals surface area contributed by atoms with Gasteiger partial charge >= 0.3 is 0 Å². The van der Waals surface area contributed by atoms with E-state index < -0.39 is 10.0 Å². The number of sulfonamides is 1. The van der Waals surface area contributed by atoms with Gasteiger partial charge in [0.25, 0.3) is 0 Å². The first-order valence-corrected chi connectivity index (χ1v) is 7.09. The average Bonchev–Trinajstić information content (AvgIpc) is 2.18. The molecule has 1 rings (SSSR count). The smallest absolute Gasteiger partial charge is 0.210 e. The van der Waals surface area contributed by atoms with E-state index in [0.29, 0.717) is 6.54 Å². The summed E-state index contributed by atoms with van der Waals surface area (Å²) in [4.78, 5) is 0. The summed E-state index contributed by atoms with van der Waals surface area (Å²) in [7, 11) is -3.41. The van der Waals surface area contributed by atoms with Crippen LogP contribution in [0.25, 0.3) is 0 Å². The van der Waals surface area contributed by atoms with Crippen molar-refractivity contribution in [1.29, 1.82) is 0 Å². The lowest BCUT2D eigenvalue weighted by Gasteiger charge is -2.10. The highest BCUT2D eigenvalue weighted by Gasteiger charge is 2.02. The number of hydrogen-bond donors (Lipinski definition) is 2. The average molecular weight is 258 g/mol. The third kappa shape index (κ3) is 6.13. The van der Waals surface area contributed by atoms with E-state index in [4.69, 9.17) is 9.88 Å². The molecule has 0 heterocycles. The van der Waals surface area contributed by atoms with Crippen molar-refractivity contribution in [2.75, 3.05) is 17.6 Å². The number of ether oxygens (including phenoxy) is 1. The van der Waals surface area contributed by atoms with Gasteiger partial charge in [-0.1, -0.05) is 0 Å². The Labute approximate surface area is 102 Å². The van der Waals surface area contributed by atoms with E-state index in [-0.39, 0.29) is 11.9 Å². The zero-order chi connectivity index (χ0) is 12.9. The number of primary sulfonamides is 1. The van der Waals surface area contributed by atoms with Crippen molar-refractivity contribution in [3.63, 3.8) is 0 Å². The lowest BCUT2D eigenvalue weighted by atomic mass is 10.3. The summed E-state index contributed by atoms with van der Waals surface area (Å²) in [5.74, 6) is 0.703. The molecular weight excluding hydrogens is 240 g/mol. The summed E-state index contributed by atoms with van der Waals surface area (Å²) in [5, 5.41) is 7.86. The SMILES string of the molecule is CC(C)Oc1ccc(NCCS(N)(=O)=O)cc1. The predicted molar refractivity (Wildman–Crippen MR) is 68.7 cm³/mol. The molecule has 0 spiro atoms. The fourth-order valence-electron chi connectivity index (χ4n) is 1.26. The number of rotatable bonds is 6. The fourth-order valence-corrected chi connectivity index (χ4v) is 1.65. The second-order valence-electron chi connectivity index (χ2n) is 3.98. The molecule has 6 heteroatoms. The van der Waals surface area contributed by atoms with Gasteiger partial charge in [0, 0.05) is 12.2 Å². The van der Waals surface area contributed by atoms with Crippen LogP contribution < -0.4 is 15.2 Å². The summed E-state index contributed by atoms with van der Waals surface area (Å²) in [6.45, 7) is 4.21. The maximum Gasteiger partial charge on any atom is 0.210 e. The molecule has 0 radical (unpaired) electrons. The van der Waals surface area contributed by atoms with Gasteiger partial charge in [0.15, 0.2) is 0 Å². The van der Waals surface area contributed by atoms with Gasteiger partial charge in [-0.3, -0.25) is 0 Å². The number of hydrogen-bond acceptors (Lipinski definition) is 4. The van der Waals surface area contributed by atoms with Gasteiger partial charge in [0.2, 0.25) is 10.0 Å². The standard InChI is InChI=1S/C11H18N2O3S/c1-9(2)16-11-5-3-10(4-6-11)13-7-8-17(12,14)15/h3-6,9,13H,7-8H2,1-2H3,(H2,12,14,15). The Morgan fingerprint density at radius 3 is 2.35 bits per heavy atom. The monoisotopic (exact) mass is 258 g/mol. The molecule has 96 valence electrons. The molecule has 0 saturated carbocycles. The van der Waals surface area contributed by atoms with Crippen LogP contribution in [0.15, 0.2) is 24.3 Å². The third-order valence-electron chi connectivity index (χ3n) is 1.94. The molecule has 0 fully saturated rings. The van der Waals surface area contributed by atoms with E-state index in [0.717, 1.165) is 11.4 Å². The minimum atomic E-state index is -3.41. The van der Waals surface area contributed by atoms with Crippen LogP contribution in [0.3, 0.4) is 0 Å². The highest BCUT2D eigenvalue weighted by Crippen LogP contribution is 2.16. The van der Waals surface area contributed by atoms with Crippen LogP contribution in [0.4, 0.5) is 5.69 Å². The Hall–Kier alpha value is -1.27. The van der Waals surface area contributed by atoms with Crippen molar-refractivity contribution in [2.45, 2.75) is 20.0 Å². The molecule has 0 aliphatic rings. The van der Waals surface area contributed by atoms with E-state index in [2.05, 4.69) is 5.32 Å². The molecule has 3 N–H and O–H groups in total. The normalized spacial score (nSPS) is 11.5. The van der Waals surface area contributed by atoms with Crippen molar-refractivity contribution < 1.29 is 13.2 Å². The minimum absolute atomic E-state index is 0.0861. The molecule has 1 aromatic rings. The first-order valence-electron chi connectivity index (χ1n) is 5.38. The van der Waals surface area contributed by atoms with Crippen molar-refractivity contribution in [1.82, 2.24) is 0 Å². The maximum absolute atomic E-state index is 10.7. The molecule has 0 aliphatic heterocycles. The van der Waals surface area contributed by atoms with Crippen molar-refractivity contribution in [2.24, 2.45) is 5.14 Å². The molecule has 17 heavy (non-hydrogen) atoms. The second kappa shape index (κ2) is 5.88. The van der Waals surface area contributed by atoms with Crippen molar-refractivity contribution in [3.8, 4) is 5.75 Å². The number of benzene rings is 1. The van der Waals surface area contributed by atoms with Gasteiger partial charge in [0.05, 0.1) is 11.9 Å². The van der Waals surface area contributed by atoms with Crippen LogP contribution in [-0.4, -0.2) is 26.8 Å². The first kappa shape index (κ1) is 13.8. The first-order chi connectivity index (χ1) is 7.87. The highest BCUT2D eigenvalue weighted by molar-refractivity contribution is 7.89. The summed E-state index contributed by atoms with van der Waals surface area (Å²) in [5.41, 5.74) is 0.838. The summed E-state index contributed by atoms with van der Waals surface area (Å²) in [6.07, 6.45) is 0.135. The fraction of sp³-hybridized carbons (Fsp3) is 0.455. The van der Waals surface area contributed by atoms with E-state index in [1.165, 1.54) is 0 Å². The molecule has 0 saturated heterocycles. The Kier molecular flexibility index (Phi) is 4.77. The summed E-state index contributed by atoms with van der Waals surface area (Å²) < 4.78 is 26.9. The molecule has 1 aromatic carbocycles. The summed E-state index contributed by atoms with van der Waals surface area (Å²) in [6, 6.07) is 7.33.